The summed E-state index contributed by atoms with van der Waals surface area (Å²) in [7, 11) is 1.95. The Hall–Kier alpha value is -1.05. The standard InChI is InChI=1S/C6H10N2.C2H4/c1-5-4-7-8(3)6(5)2;1-2/h4H,1-3H3;1-2H2. The van der Waals surface area contributed by atoms with Crippen molar-refractivity contribution in [2.24, 2.45) is 7.05 Å². The maximum Gasteiger partial charge on any atom is 0.0521 e. The predicted molar refractivity (Wildman–Crippen MR) is 43.9 cm³/mol. The van der Waals surface area contributed by atoms with Crippen molar-refractivity contribution in [3.8, 4) is 0 Å². The first-order valence-corrected chi connectivity index (χ1v) is 3.17. The van der Waals surface area contributed by atoms with E-state index in [9.17, 15) is 0 Å². The molecule has 0 unspecified atom stereocenters. The van der Waals surface area contributed by atoms with Crippen LogP contribution in [0.15, 0.2) is 19.4 Å². The minimum atomic E-state index is 1.24. The predicted octanol–water partition coefficient (Wildman–Crippen LogP) is 1.84. The molecular weight excluding hydrogens is 124 g/mol. The van der Waals surface area contributed by atoms with Gasteiger partial charge in [-0.1, -0.05) is 0 Å². The number of aromatic nitrogens is 2. The lowest BCUT2D eigenvalue weighted by Crippen LogP contribution is -1.91. The van der Waals surface area contributed by atoms with E-state index in [-0.39, 0.29) is 0 Å². The second-order valence-electron chi connectivity index (χ2n) is 2.04. The number of nitrogens with zero attached hydrogens (tertiary/aromatic N) is 2. The number of aryl methyl sites for hydroxylation is 2. The minimum absolute atomic E-state index is 1.24. The zero-order chi connectivity index (χ0) is 8.15. The van der Waals surface area contributed by atoms with Crippen LogP contribution in [0.3, 0.4) is 0 Å². The van der Waals surface area contributed by atoms with Gasteiger partial charge in [0.05, 0.1) is 6.20 Å². The van der Waals surface area contributed by atoms with Gasteiger partial charge in [-0.15, -0.1) is 13.2 Å². The maximum atomic E-state index is 4.03. The lowest BCUT2D eigenvalue weighted by Gasteiger charge is -1.90. The number of hydrogen-bond donors (Lipinski definition) is 0. The Bertz CT molecular complexity index is 182. The monoisotopic (exact) mass is 138 g/mol. The third-order valence-corrected chi connectivity index (χ3v) is 1.48. The summed E-state index contributed by atoms with van der Waals surface area (Å²) in [4.78, 5) is 0. The molecule has 0 fully saturated rings. The molecule has 1 aromatic rings. The van der Waals surface area contributed by atoms with Crippen LogP contribution in [-0.2, 0) is 7.05 Å². The van der Waals surface area contributed by atoms with E-state index in [2.05, 4.69) is 32.1 Å². The summed E-state index contributed by atoms with van der Waals surface area (Å²) in [5, 5.41) is 4.03. The normalized spacial score (nSPS) is 8.30. The summed E-state index contributed by atoms with van der Waals surface area (Å²) in [6, 6.07) is 0. The molecule has 1 rings (SSSR count). The van der Waals surface area contributed by atoms with Gasteiger partial charge in [-0.2, -0.15) is 5.10 Å². The molecule has 0 spiro atoms. The highest BCUT2D eigenvalue weighted by atomic mass is 15.3. The van der Waals surface area contributed by atoms with Crippen molar-refractivity contribution in [2.75, 3.05) is 0 Å². The lowest BCUT2D eigenvalue weighted by molar-refractivity contribution is 0.739. The van der Waals surface area contributed by atoms with E-state index in [0.29, 0.717) is 0 Å². The van der Waals surface area contributed by atoms with E-state index in [1.54, 1.807) is 0 Å². The second-order valence-corrected chi connectivity index (χ2v) is 2.04. The third kappa shape index (κ3) is 1.72. The fraction of sp³-hybridized carbons (Fsp3) is 0.375. The molecule has 0 atom stereocenters. The Morgan fingerprint density at radius 3 is 2.00 bits per heavy atom. The molecule has 1 aromatic heterocycles. The van der Waals surface area contributed by atoms with Crippen molar-refractivity contribution >= 4 is 0 Å². The summed E-state index contributed by atoms with van der Waals surface area (Å²) in [5.74, 6) is 0. The van der Waals surface area contributed by atoms with Crippen molar-refractivity contribution in [1.29, 1.82) is 0 Å². The molecule has 0 bridgehead atoms. The van der Waals surface area contributed by atoms with Gasteiger partial charge in [-0.25, -0.2) is 0 Å². The molecule has 0 aromatic carbocycles. The van der Waals surface area contributed by atoms with E-state index >= 15 is 0 Å². The summed E-state index contributed by atoms with van der Waals surface area (Å²) in [6.07, 6.45) is 1.87. The van der Waals surface area contributed by atoms with Crippen LogP contribution in [0.5, 0.6) is 0 Å². The Morgan fingerprint density at radius 1 is 1.40 bits per heavy atom. The molecule has 0 amide bonds. The number of hydrogen-bond acceptors (Lipinski definition) is 1. The highest BCUT2D eigenvalue weighted by Gasteiger charge is 1.93. The molecule has 0 aliphatic heterocycles. The molecule has 0 radical (unpaired) electrons. The Balaban J connectivity index is 0.000000371. The first-order chi connectivity index (χ1) is 4.72. The van der Waals surface area contributed by atoms with Crippen molar-refractivity contribution in [3.63, 3.8) is 0 Å². The van der Waals surface area contributed by atoms with Crippen LogP contribution in [-0.4, -0.2) is 9.78 Å². The Labute approximate surface area is 62.2 Å². The average molecular weight is 138 g/mol. The highest BCUT2D eigenvalue weighted by molar-refractivity contribution is 5.12. The van der Waals surface area contributed by atoms with E-state index in [1.807, 2.05) is 17.9 Å². The van der Waals surface area contributed by atoms with Crippen LogP contribution in [0.25, 0.3) is 0 Å². The summed E-state index contributed by atoms with van der Waals surface area (Å²) < 4.78 is 1.87. The van der Waals surface area contributed by atoms with Crippen LogP contribution in [0.4, 0.5) is 0 Å². The second kappa shape index (κ2) is 3.88. The quantitative estimate of drug-likeness (QED) is 0.500. The molecule has 0 saturated heterocycles. The first kappa shape index (κ1) is 8.95. The largest absolute Gasteiger partial charge is 0.273 e. The average Bonchev–Trinajstić information content (AvgIpc) is 2.25. The fourth-order valence-electron chi connectivity index (χ4n) is 0.608. The highest BCUT2D eigenvalue weighted by Crippen LogP contribution is 2.00. The van der Waals surface area contributed by atoms with Gasteiger partial charge in [0.2, 0.25) is 0 Å². The van der Waals surface area contributed by atoms with Crippen LogP contribution in [0.2, 0.25) is 0 Å². The summed E-state index contributed by atoms with van der Waals surface area (Å²) in [5.41, 5.74) is 2.50. The zero-order valence-electron chi connectivity index (χ0n) is 6.89. The fourth-order valence-corrected chi connectivity index (χ4v) is 0.608. The Kier molecular flexibility index (Phi) is 3.47. The third-order valence-electron chi connectivity index (χ3n) is 1.48. The molecule has 0 N–H and O–H groups in total. The topological polar surface area (TPSA) is 17.8 Å². The molecule has 56 valence electrons. The molecule has 0 aliphatic rings. The molecule has 0 saturated carbocycles. The molecule has 0 aliphatic carbocycles. The molecular formula is C8H14N2. The van der Waals surface area contributed by atoms with E-state index in [4.69, 9.17) is 0 Å². The van der Waals surface area contributed by atoms with Crippen molar-refractivity contribution in [1.82, 2.24) is 9.78 Å². The van der Waals surface area contributed by atoms with E-state index < -0.39 is 0 Å². The van der Waals surface area contributed by atoms with Gasteiger partial charge in [0.15, 0.2) is 0 Å². The molecule has 2 nitrogen and oxygen atoms in total. The molecule has 1 heterocycles. The summed E-state index contributed by atoms with van der Waals surface area (Å²) >= 11 is 0. The first-order valence-electron chi connectivity index (χ1n) is 3.17. The van der Waals surface area contributed by atoms with Crippen LogP contribution < -0.4 is 0 Å². The van der Waals surface area contributed by atoms with Gasteiger partial charge in [0.1, 0.15) is 0 Å². The van der Waals surface area contributed by atoms with E-state index in [0.717, 1.165) is 0 Å². The van der Waals surface area contributed by atoms with Gasteiger partial charge >= 0.3 is 0 Å². The lowest BCUT2D eigenvalue weighted by atomic mass is 10.3. The molecule has 10 heavy (non-hydrogen) atoms. The maximum absolute atomic E-state index is 4.03. The van der Waals surface area contributed by atoms with Gasteiger partial charge in [0.25, 0.3) is 0 Å². The zero-order valence-corrected chi connectivity index (χ0v) is 6.89. The van der Waals surface area contributed by atoms with Gasteiger partial charge in [-0.05, 0) is 19.4 Å². The van der Waals surface area contributed by atoms with Gasteiger partial charge in [-0.3, -0.25) is 4.68 Å². The minimum Gasteiger partial charge on any atom is -0.273 e. The SMILES string of the molecule is C=C.Cc1cnn(C)c1C. The van der Waals surface area contributed by atoms with Gasteiger partial charge in [0, 0.05) is 12.7 Å². The van der Waals surface area contributed by atoms with Crippen molar-refractivity contribution in [3.05, 3.63) is 30.6 Å². The van der Waals surface area contributed by atoms with Crippen LogP contribution in [0, 0.1) is 13.8 Å². The van der Waals surface area contributed by atoms with Gasteiger partial charge < -0.3 is 0 Å². The van der Waals surface area contributed by atoms with E-state index in [1.165, 1.54) is 11.3 Å². The van der Waals surface area contributed by atoms with Crippen molar-refractivity contribution < 1.29 is 0 Å². The molecule has 2 heteroatoms. The number of rotatable bonds is 0. The summed E-state index contributed by atoms with van der Waals surface area (Å²) in [6.45, 7) is 10.1. The van der Waals surface area contributed by atoms with Crippen LogP contribution in [0.1, 0.15) is 11.3 Å². The van der Waals surface area contributed by atoms with Crippen molar-refractivity contribution in [2.45, 2.75) is 13.8 Å². The smallest absolute Gasteiger partial charge is 0.0521 e. The Morgan fingerprint density at radius 2 is 1.90 bits per heavy atom. The van der Waals surface area contributed by atoms with Crippen LogP contribution >= 0.6 is 0 Å².